The van der Waals surface area contributed by atoms with Gasteiger partial charge in [-0.05, 0) is 12.8 Å². The van der Waals surface area contributed by atoms with Gasteiger partial charge in [0.1, 0.15) is 11.3 Å². The first kappa shape index (κ1) is 13.9. The van der Waals surface area contributed by atoms with E-state index in [4.69, 9.17) is 0 Å². The molecule has 1 aliphatic rings. The van der Waals surface area contributed by atoms with Crippen molar-refractivity contribution in [1.29, 1.82) is 0 Å². The molecule has 2 aromatic rings. The van der Waals surface area contributed by atoms with E-state index in [9.17, 15) is 22.8 Å². The number of nitrogens with zero attached hydrogens (tertiary/aromatic N) is 1. The van der Waals surface area contributed by atoms with Crippen molar-refractivity contribution >= 4 is 11.2 Å². The number of H-pyrrole nitrogens is 3. The van der Waals surface area contributed by atoms with E-state index in [-0.39, 0.29) is 23.4 Å². The molecular weight excluding hydrogens is 289 g/mol. The number of halogens is 3. The molecular formula is C12H13F3N4O2. The third-order valence-electron chi connectivity index (χ3n) is 3.95. The van der Waals surface area contributed by atoms with Gasteiger partial charge in [-0.15, -0.1) is 0 Å². The molecule has 1 aliphatic carbocycles. The maximum absolute atomic E-state index is 13.1. The van der Waals surface area contributed by atoms with Crippen molar-refractivity contribution in [2.45, 2.75) is 37.8 Å². The van der Waals surface area contributed by atoms with Crippen molar-refractivity contribution in [3.63, 3.8) is 0 Å². The van der Waals surface area contributed by atoms with Gasteiger partial charge in [0.25, 0.3) is 5.56 Å². The van der Waals surface area contributed by atoms with Crippen LogP contribution in [-0.4, -0.2) is 26.1 Å². The number of aromatic nitrogens is 4. The zero-order valence-electron chi connectivity index (χ0n) is 10.9. The Hall–Kier alpha value is -2.06. The molecule has 9 heteroatoms. The summed E-state index contributed by atoms with van der Waals surface area (Å²) in [6.07, 6.45) is -2.69. The normalized spacial score (nSPS) is 23.6. The number of nitrogens with one attached hydrogen (secondary N) is 3. The molecule has 6 nitrogen and oxygen atoms in total. The summed E-state index contributed by atoms with van der Waals surface area (Å²) in [7, 11) is 0. The van der Waals surface area contributed by atoms with Crippen LogP contribution in [-0.2, 0) is 0 Å². The van der Waals surface area contributed by atoms with Crippen LogP contribution in [0.1, 0.15) is 37.4 Å². The summed E-state index contributed by atoms with van der Waals surface area (Å²) in [4.78, 5) is 33.7. The van der Waals surface area contributed by atoms with Crippen LogP contribution in [0.25, 0.3) is 11.2 Å². The monoisotopic (exact) mass is 302 g/mol. The SMILES string of the molecule is O=c1[nH]c(=O)c2[nH]c(C3CCCCC3C(F)(F)F)nc2[nH]1. The molecule has 2 atom stereocenters. The second kappa shape index (κ2) is 4.74. The molecule has 2 heterocycles. The first-order chi connectivity index (χ1) is 9.86. The van der Waals surface area contributed by atoms with E-state index in [1.54, 1.807) is 0 Å². The summed E-state index contributed by atoms with van der Waals surface area (Å²) in [6.45, 7) is 0. The van der Waals surface area contributed by atoms with Gasteiger partial charge in [-0.25, -0.2) is 9.78 Å². The molecule has 0 bridgehead atoms. The largest absolute Gasteiger partial charge is 0.392 e. The van der Waals surface area contributed by atoms with Gasteiger partial charge in [0.2, 0.25) is 0 Å². The molecule has 21 heavy (non-hydrogen) atoms. The van der Waals surface area contributed by atoms with Gasteiger partial charge >= 0.3 is 11.9 Å². The van der Waals surface area contributed by atoms with Gasteiger partial charge in [-0.2, -0.15) is 13.2 Å². The summed E-state index contributed by atoms with van der Waals surface area (Å²) < 4.78 is 39.3. The van der Waals surface area contributed by atoms with E-state index < -0.39 is 29.3 Å². The molecule has 0 aliphatic heterocycles. The number of alkyl halides is 3. The van der Waals surface area contributed by atoms with Crippen LogP contribution >= 0.6 is 0 Å². The minimum atomic E-state index is -4.30. The smallest absolute Gasteiger partial charge is 0.336 e. The summed E-state index contributed by atoms with van der Waals surface area (Å²) >= 11 is 0. The number of hydrogen-bond donors (Lipinski definition) is 3. The Labute approximate surface area is 115 Å². The molecule has 1 fully saturated rings. The highest BCUT2D eigenvalue weighted by Gasteiger charge is 2.47. The fourth-order valence-electron chi connectivity index (χ4n) is 2.98. The second-order valence-corrected chi connectivity index (χ2v) is 5.29. The first-order valence-corrected chi connectivity index (χ1v) is 6.65. The van der Waals surface area contributed by atoms with Crippen LogP contribution in [0.15, 0.2) is 9.59 Å². The predicted octanol–water partition coefficient (Wildman–Crippen LogP) is 1.78. The lowest BCUT2D eigenvalue weighted by atomic mass is 9.78. The highest BCUT2D eigenvalue weighted by molar-refractivity contribution is 5.68. The van der Waals surface area contributed by atoms with Crippen LogP contribution in [0.3, 0.4) is 0 Å². The van der Waals surface area contributed by atoms with Crippen LogP contribution in [0.5, 0.6) is 0 Å². The molecule has 3 N–H and O–H groups in total. The molecule has 0 spiro atoms. The molecule has 0 aromatic carbocycles. The van der Waals surface area contributed by atoms with E-state index in [1.165, 1.54) is 0 Å². The van der Waals surface area contributed by atoms with Crippen LogP contribution in [0.4, 0.5) is 13.2 Å². The Morgan fingerprint density at radius 1 is 1.05 bits per heavy atom. The summed E-state index contributed by atoms with van der Waals surface area (Å²) in [5.74, 6) is -2.17. The summed E-state index contributed by atoms with van der Waals surface area (Å²) in [5.41, 5.74) is -1.44. The molecule has 1 saturated carbocycles. The van der Waals surface area contributed by atoms with Crippen molar-refractivity contribution in [3.05, 3.63) is 26.7 Å². The quantitative estimate of drug-likeness (QED) is 0.749. The molecule has 114 valence electrons. The summed E-state index contributed by atoms with van der Waals surface area (Å²) in [5, 5.41) is 0. The lowest BCUT2D eigenvalue weighted by Crippen LogP contribution is -2.32. The van der Waals surface area contributed by atoms with E-state index in [0.29, 0.717) is 19.3 Å². The maximum Gasteiger partial charge on any atom is 0.392 e. The van der Waals surface area contributed by atoms with Crippen LogP contribution in [0.2, 0.25) is 0 Å². The predicted molar refractivity (Wildman–Crippen MR) is 68.1 cm³/mol. The average molecular weight is 302 g/mol. The van der Waals surface area contributed by atoms with Crippen molar-refractivity contribution in [3.8, 4) is 0 Å². The van der Waals surface area contributed by atoms with Crippen molar-refractivity contribution in [1.82, 2.24) is 19.9 Å². The number of rotatable bonds is 1. The first-order valence-electron chi connectivity index (χ1n) is 6.65. The van der Waals surface area contributed by atoms with Crippen LogP contribution in [0, 0.1) is 5.92 Å². The molecule has 0 saturated heterocycles. The zero-order chi connectivity index (χ0) is 15.2. The fourth-order valence-corrected chi connectivity index (χ4v) is 2.98. The highest BCUT2D eigenvalue weighted by atomic mass is 19.4. The third kappa shape index (κ3) is 2.47. The van der Waals surface area contributed by atoms with Gasteiger partial charge in [0.05, 0.1) is 5.92 Å². The average Bonchev–Trinajstić information content (AvgIpc) is 2.81. The Kier molecular flexibility index (Phi) is 3.14. The van der Waals surface area contributed by atoms with Gasteiger partial charge in [-0.1, -0.05) is 12.8 Å². The van der Waals surface area contributed by atoms with Crippen molar-refractivity contribution in [2.75, 3.05) is 0 Å². The van der Waals surface area contributed by atoms with Gasteiger partial charge in [0, 0.05) is 5.92 Å². The second-order valence-electron chi connectivity index (χ2n) is 5.29. The molecule has 2 unspecified atom stereocenters. The lowest BCUT2D eigenvalue weighted by Gasteiger charge is -2.31. The zero-order valence-corrected chi connectivity index (χ0v) is 10.9. The topological polar surface area (TPSA) is 94.4 Å². The third-order valence-corrected chi connectivity index (χ3v) is 3.95. The Bertz CT molecular complexity index is 773. The highest BCUT2D eigenvalue weighted by Crippen LogP contribution is 2.45. The Morgan fingerprint density at radius 3 is 2.48 bits per heavy atom. The number of aromatic amines is 3. The minimum absolute atomic E-state index is 0.00361. The maximum atomic E-state index is 13.1. The van der Waals surface area contributed by atoms with E-state index >= 15 is 0 Å². The summed E-state index contributed by atoms with van der Waals surface area (Å²) in [6, 6.07) is 0. The molecule has 2 aromatic heterocycles. The standard InChI is InChI=1S/C12H13F3N4O2/c13-12(14,15)6-4-2-1-3-5(6)8-16-7-9(17-8)18-11(21)19-10(7)20/h5-6H,1-4H2,(H3,16,17,18,19,20,21). The fraction of sp³-hybridized carbons (Fsp3) is 0.583. The van der Waals surface area contributed by atoms with Crippen molar-refractivity contribution in [2.24, 2.45) is 5.92 Å². The van der Waals surface area contributed by atoms with Gasteiger partial charge < -0.3 is 4.98 Å². The van der Waals surface area contributed by atoms with Crippen molar-refractivity contribution < 1.29 is 13.2 Å². The number of fused-ring (bicyclic) bond motifs is 1. The Morgan fingerprint density at radius 2 is 1.76 bits per heavy atom. The molecule has 0 radical (unpaired) electrons. The van der Waals surface area contributed by atoms with E-state index in [2.05, 4.69) is 15.0 Å². The van der Waals surface area contributed by atoms with E-state index in [1.807, 2.05) is 4.98 Å². The van der Waals surface area contributed by atoms with Gasteiger partial charge in [0.15, 0.2) is 5.65 Å². The van der Waals surface area contributed by atoms with Crippen LogP contribution < -0.4 is 11.2 Å². The number of imidazole rings is 1. The van der Waals surface area contributed by atoms with E-state index in [0.717, 1.165) is 0 Å². The Balaban J connectivity index is 2.08. The lowest BCUT2D eigenvalue weighted by molar-refractivity contribution is -0.187. The minimum Gasteiger partial charge on any atom is -0.336 e. The van der Waals surface area contributed by atoms with Gasteiger partial charge in [-0.3, -0.25) is 14.8 Å². The number of hydrogen-bond acceptors (Lipinski definition) is 3. The molecule has 3 rings (SSSR count). The molecule has 0 amide bonds.